The Morgan fingerprint density at radius 3 is 0.702 bits per heavy atom. The predicted molar refractivity (Wildman–Crippen MR) is 334 cm³/mol. The fourth-order valence-corrected chi connectivity index (χ4v) is 10.7. The van der Waals surface area contributed by atoms with Gasteiger partial charge in [-0.15, -0.1) is 0 Å². The van der Waals surface area contributed by atoms with Crippen LogP contribution in [0.2, 0.25) is 0 Å². The van der Waals surface area contributed by atoms with Crippen LogP contribution in [0.15, 0.2) is 99.0 Å². The second kappa shape index (κ2) is 27.8. The molecular weight excluding hydrogens is 1060 g/mol. The lowest BCUT2D eigenvalue weighted by Gasteiger charge is -2.16. The van der Waals surface area contributed by atoms with Crippen molar-refractivity contribution in [3.05, 3.63) is 189 Å². The summed E-state index contributed by atoms with van der Waals surface area (Å²) in [6.45, 7) is 9.85. The first kappa shape index (κ1) is 61.0. The molecule has 0 atom stereocenters. The fraction of sp³-hybridized carbons (Fsp3) is 0.412. The monoisotopic (exact) mass is 1130 g/mol. The van der Waals surface area contributed by atoms with Gasteiger partial charge in [-0.1, -0.05) is 153 Å². The first-order chi connectivity index (χ1) is 40.5. The molecule has 0 bridgehead atoms. The Balaban J connectivity index is 1.47. The van der Waals surface area contributed by atoms with Gasteiger partial charge in [0.15, 0.2) is 0 Å². The van der Waals surface area contributed by atoms with Gasteiger partial charge in [0.1, 0.15) is 22.8 Å². The van der Waals surface area contributed by atoms with E-state index in [0.717, 1.165) is 95.3 Å². The first-order valence-corrected chi connectivity index (χ1v) is 29.6. The SMILES string of the molecule is CCCCCCn1c(C#Cc2cc(C#Cc3cc(=O)n(C)c(=O)n3CCCCCC)c3ccc4c(C#Cc5cc(=O)n(C)c(=O)n5CCCCCC)cc(C#Cc5cc(=O)n(C)c(=O)n5CCCCCC)c5ccc2c3c54)cc(=O)n(C)c1=O. The van der Waals surface area contributed by atoms with Crippen molar-refractivity contribution in [3.63, 3.8) is 0 Å². The summed E-state index contributed by atoms with van der Waals surface area (Å²) >= 11 is 0. The van der Waals surface area contributed by atoms with Gasteiger partial charge < -0.3 is 0 Å². The Kier molecular flexibility index (Phi) is 20.2. The third-order valence-electron chi connectivity index (χ3n) is 15.7. The van der Waals surface area contributed by atoms with Gasteiger partial charge in [-0.05, 0) is 93.8 Å². The topological polar surface area (TPSA) is 176 Å². The molecule has 16 heteroatoms. The van der Waals surface area contributed by atoms with Crippen LogP contribution in [0.25, 0.3) is 32.3 Å². The second-order valence-corrected chi connectivity index (χ2v) is 21.7. The van der Waals surface area contributed by atoms with Crippen LogP contribution in [-0.2, 0) is 54.4 Å². The van der Waals surface area contributed by atoms with Gasteiger partial charge in [0.05, 0.1) is 0 Å². The zero-order chi connectivity index (χ0) is 60.2. The molecule has 0 unspecified atom stereocenters. The van der Waals surface area contributed by atoms with Crippen molar-refractivity contribution in [3.8, 4) is 47.4 Å². The molecule has 434 valence electrons. The second-order valence-electron chi connectivity index (χ2n) is 21.7. The van der Waals surface area contributed by atoms with E-state index in [9.17, 15) is 38.4 Å². The Morgan fingerprint density at radius 1 is 0.286 bits per heavy atom. The molecule has 0 aliphatic heterocycles. The highest BCUT2D eigenvalue weighted by Crippen LogP contribution is 2.40. The first-order valence-electron chi connectivity index (χ1n) is 29.6. The summed E-state index contributed by atoms with van der Waals surface area (Å²) in [5.41, 5.74) is -0.913. The normalized spacial score (nSPS) is 11.1. The van der Waals surface area contributed by atoms with Gasteiger partial charge in [0.25, 0.3) is 22.2 Å². The number of hydrogen-bond donors (Lipinski definition) is 0. The van der Waals surface area contributed by atoms with E-state index in [-0.39, 0.29) is 22.8 Å². The van der Waals surface area contributed by atoms with E-state index in [2.05, 4.69) is 75.1 Å². The third-order valence-corrected chi connectivity index (χ3v) is 15.7. The van der Waals surface area contributed by atoms with Crippen LogP contribution in [0.3, 0.4) is 0 Å². The summed E-state index contributed by atoms with van der Waals surface area (Å²) in [5.74, 6) is 26.2. The number of unbranched alkanes of at least 4 members (excludes halogenated alkanes) is 12. The van der Waals surface area contributed by atoms with Crippen molar-refractivity contribution in [1.29, 1.82) is 0 Å². The predicted octanol–water partition coefficient (Wildman–Crippen LogP) is 7.95. The van der Waals surface area contributed by atoms with Crippen LogP contribution in [-0.4, -0.2) is 36.5 Å². The average Bonchev–Trinajstić information content (AvgIpc) is 1.33. The van der Waals surface area contributed by atoms with E-state index >= 15 is 0 Å². The molecule has 4 heterocycles. The van der Waals surface area contributed by atoms with Gasteiger partial charge in [-0.3, -0.25) is 55.7 Å². The summed E-state index contributed by atoms with van der Waals surface area (Å²) < 4.78 is 10.4. The Bertz CT molecular complexity index is 4030. The minimum Gasteiger partial charge on any atom is -0.286 e. The standard InChI is InChI=1S/C68H74N8O8/c1-9-13-17-21-37-73-51(43-59(77)69(5)65(73)81)29-25-47-41-48(26-30-52-44-60(78)70(6)66(82)74(52)38-22-18-14-10-2)56-35-36-58-50(28-32-54-46-62(80)72(8)68(84)76(54)40-24-20-16-12-4)42-49(57-34-33-55(47)63(56)64(57)58)27-31-53-45-61(79)71(7)67(83)75(53)39-23-19-15-11-3/h33-36,41-46H,9-24,37-40H2,1-8H3. The minimum absolute atomic E-state index is 0.249. The maximum absolute atomic E-state index is 13.7. The zero-order valence-corrected chi connectivity index (χ0v) is 49.8. The molecule has 4 aromatic carbocycles. The lowest BCUT2D eigenvalue weighted by molar-refractivity contribution is 0.536. The van der Waals surface area contributed by atoms with E-state index in [0.29, 0.717) is 106 Å². The summed E-state index contributed by atoms with van der Waals surface area (Å²) in [4.78, 5) is 108. The van der Waals surface area contributed by atoms with Crippen molar-refractivity contribution in [2.45, 2.75) is 157 Å². The molecule has 0 aliphatic carbocycles. The van der Waals surface area contributed by atoms with Crippen LogP contribution < -0.4 is 45.0 Å². The number of hydrogen-bond acceptors (Lipinski definition) is 8. The van der Waals surface area contributed by atoms with E-state index in [4.69, 9.17) is 0 Å². The third kappa shape index (κ3) is 13.2. The molecule has 8 rings (SSSR count). The lowest BCUT2D eigenvalue weighted by Crippen LogP contribution is -2.38. The van der Waals surface area contributed by atoms with Gasteiger partial charge >= 0.3 is 22.8 Å². The van der Waals surface area contributed by atoms with Crippen molar-refractivity contribution < 1.29 is 0 Å². The fourth-order valence-electron chi connectivity index (χ4n) is 10.7. The zero-order valence-electron chi connectivity index (χ0n) is 49.8. The largest absolute Gasteiger partial charge is 0.331 e. The summed E-state index contributed by atoms with van der Waals surface area (Å²) in [6.07, 6.45) is 14.3. The van der Waals surface area contributed by atoms with Gasteiger partial charge in [-0.2, -0.15) is 0 Å². The van der Waals surface area contributed by atoms with Crippen molar-refractivity contribution in [1.82, 2.24) is 36.5 Å². The van der Waals surface area contributed by atoms with Crippen molar-refractivity contribution in [2.75, 3.05) is 0 Å². The van der Waals surface area contributed by atoms with E-state index in [1.807, 2.05) is 36.4 Å². The van der Waals surface area contributed by atoms with Crippen LogP contribution in [0, 0.1) is 47.4 Å². The molecule has 0 saturated carbocycles. The molecular formula is C68H74N8O8. The number of benzene rings is 4. The number of aromatic nitrogens is 8. The van der Waals surface area contributed by atoms with Crippen LogP contribution >= 0.6 is 0 Å². The molecule has 0 aliphatic rings. The van der Waals surface area contributed by atoms with Gasteiger partial charge in [0, 0.05) is 101 Å². The van der Waals surface area contributed by atoms with Crippen LogP contribution in [0.1, 0.15) is 175 Å². The molecule has 84 heavy (non-hydrogen) atoms. The van der Waals surface area contributed by atoms with Gasteiger partial charge in [-0.25, -0.2) is 19.2 Å². The van der Waals surface area contributed by atoms with Gasteiger partial charge in [0.2, 0.25) is 0 Å². The quantitative estimate of drug-likeness (QED) is 0.0420. The van der Waals surface area contributed by atoms with E-state index < -0.39 is 45.0 Å². The Hall–Kier alpha value is -9.12. The van der Waals surface area contributed by atoms with Crippen molar-refractivity contribution in [2.24, 2.45) is 28.2 Å². The summed E-state index contributed by atoms with van der Waals surface area (Å²) in [5, 5.41) is 4.16. The smallest absolute Gasteiger partial charge is 0.286 e. The maximum Gasteiger partial charge on any atom is 0.331 e. The highest BCUT2D eigenvalue weighted by atomic mass is 16.2. The molecule has 16 nitrogen and oxygen atoms in total. The Labute approximate surface area is 488 Å². The van der Waals surface area contributed by atoms with Crippen molar-refractivity contribution >= 4 is 32.3 Å². The molecule has 8 aromatic rings. The minimum atomic E-state index is -0.498. The molecule has 0 N–H and O–H groups in total. The van der Waals surface area contributed by atoms with E-state index in [1.54, 1.807) is 0 Å². The average molecular weight is 1130 g/mol. The maximum atomic E-state index is 13.7. The highest BCUT2D eigenvalue weighted by molar-refractivity contribution is 6.26. The molecule has 0 saturated heterocycles. The molecule has 0 amide bonds. The molecule has 4 aromatic heterocycles. The highest BCUT2D eigenvalue weighted by Gasteiger charge is 2.19. The van der Waals surface area contributed by atoms with Crippen LogP contribution in [0.5, 0.6) is 0 Å². The molecule has 0 radical (unpaired) electrons. The molecule has 0 fully saturated rings. The Morgan fingerprint density at radius 2 is 0.500 bits per heavy atom. The molecule has 0 spiro atoms. The van der Waals surface area contributed by atoms with E-state index in [1.165, 1.54) is 70.7 Å². The van der Waals surface area contributed by atoms with Crippen LogP contribution in [0.4, 0.5) is 0 Å². The lowest BCUT2D eigenvalue weighted by atomic mass is 9.86. The number of rotatable bonds is 20. The summed E-state index contributed by atoms with van der Waals surface area (Å²) in [7, 11) is 5.79. The number of nitrogens with zero attached hydrogens (tertiary/aromatic N) is 8. The summed E-state index contributed by atoms with van der Waals surface area (Å²) in [6, 6.07) is 16.9.